The maximum atomic E-state index is 11.3. The third kappa shape index (κ3) is 8.68. The number of carboxylic acid groups (broad SMARTS) is 2. The van der Waals surface area contributed by atoms with Crippen molar-refractivity contribution in [2.24, 2.45) is 0 Å². The van der Waals surface area contributed by atoms with Crippen LogP contribution >= 0.6 is 11.8 Å². The van der Waals surface area contributed by atoms with Crippen molar-refractivity contribution in [2.45, 2.75) is 32.4 Å². The minimum atomic E-state index is -1.24. The summed E-state index contributed by atoms with van der Waals surface area (Å²) in [6.45, 7) is 4.96. The molecule has 0 saturated carbocycles. The van der Waals surface area contributed by atoms with Gasteiger partial charge in [0.1, 0.15) is 11.6 Å². The highest BCUT2D eigenvalue weighted by atomic mass is 32.2. The topological polar surface area (TPSA) is 113 Å². The number of amides is 1. The summed E-state index contributed by atoms with van der Waals surface area (Å²) in [4.78, 5) is 32.5. The first-order valence-electron chi connectivity index (χ1n) is 5.13. The molecule has 0 heterocycles. The van der Waals surface area contributed by atoms with E-state index in [2.05, 4.69) is 5.32 Å². The SMILES string of the molecule is CC(C)(C)OC(=O)N[C@H](CSCC(=O)O)C(=O)O. The van der Waals surface area contributed by atoms with Crippen LogP contribution in [0.25, 0.3) is 0 Å². The first kappa shape index (κ1) is 16.6. The van der Waals surface area contributed by atoms with Crippen LogP contribution in [0.2, 0.25) is 0 Å². The molecule has 1 atom stereocenters. The zero-order valence-corrected chi connectivity index (χ0v) is 11.2. The molecule has 104 valence electrons. The molecule has 0 saturated heterocycles. The van der Waals surface area contributed by atoms with Crippen LogP contribution in [0.3, 0.4) is 0 Å². The van der Waals surface area contributed by atoms with Crippen LogP contribution < -0.4 is 5.32 Å². The summed E-state index contributed by atoms with van der Waals surface area (Å²) in [7, 11) is 0. The minimum absolute atomic E-state index is 0.0408. The van der Waals surface area contributed by atoms with Gasteiger partial charge in [-0.3, -0.25) is 4.79 Å². The first-order chi connectivity index (χ1) is 8.11. The molecule has 0 aliphatic heterocycles. The fourth-order valence-electron chi connectivity index (χ4n) is 0.889. The second-order valence-electron chi connectivity index (χ2n) is 4.45. The van der Waals surface area contributed by atoms with Gasteiger partial charge in [-0.05, 0) is 20.8 Å². The molecule has 0 bridgehead atoms. The smallest absolute Gasteiger partial charge is 0.408 e. The Balaban J connectivity index is 4.23. The summed E-state index contributed by atoms with van der Waals surface area (Å²) in [6.07, 6.45) is -0.842. The number of carbonyl (C=O) groups is 3. The van der Waals surface area contributed by atoms with E-state index in [0.29, 0.717) is 0 Å². The average Bonchev–Trinajstić information content (AvgIpc) is 2.12. The molecule has 7 nitrogen and oxygen atoms in total. The maximum absolute atomic E-state index is 11.3. The molecule has 0 spiro atoms. The zero-order chi connectivity index (χ0) is 14.3. The Hall–Kier alpha value is -1.44. The molecular formula is C10H17NO6S. The van der Waals surface area contributed by atoms with Crippen molar-refractivity contribution >= 4 is 29.8 Å². The lowest BCUT2D eigenvalue weighted by Gasteiger charge is -2.21. The fourth-order valence-corrected chi connectivity index (χ4v) is 1.64. The maximum Gasteiger partial charge on any atom is 0.408 e. The molecule has 0 radical (unpaired) electrons. The molecule has 1 amide bonds. The highest BCUT2D eigenvalue weighted by Crippen LogP contribution is 2.08. The van der Waals surface area contributed by atoms with E-state index in [1.165, 1.54) is 0 Å². The molecule has 0 fully saturated rings. The zero-order valence-electron chi connectivity index (χ0n) is 10.4. The second-order valence-corrected chi connectivity index (χ2v) is 5.48. The van der Waals surface area contributed by atoms with Crippen LogP contribution in [-0.4, -0.2) is 51.4 Å². The van der Waals surface area contributed by atoms with Gasteiger partial charge in [-0.15, -0.1) is 11.8 Å². The van der Waals surface area contributed by atoms with E-state index in [1.54, 1.807) is 20.8 Å². The number of rotatable bonds is 6. The van der Waals surface area contributed by atoms with Gasteiger partial charge < -0.3 is 20.3 Å². The van der Waals surface area contributed by atoms with Crippen molar-refractivity contribution in [2.75, 3.05) is 11.5 Å². The largest absolute Gasteiger partial charge is 0.481 e. The lowest BCUT2D eigenvalue weighted by molar-refractivity contribution is -0.139. The number of nitrogens with one attached hydrogen (secondary N) is 1. The van der Waals surface area contributed by atoms with Crippen molar-refractivity contribution in [3.63, 3.8) is 0 Å². The fraction of sp³-hybridized carbons (Fsp3) is 0.700. The van der Waals surface area contributed by atoms with Crippen molar-refractivity contribution in [1.29, 1.82) is 0 Å². The van der Waals surface area contributed by atoms with Crippen molar-refractivity contribution in [1.82, 2.24) is 5.32 Å². The monoisotopic (exact) mass is 279 g/mol. The van der Waals surface area contributed by atoms with Gasteiger partial charge in [0.25, 0.3) is 0 Å². The van der Waals surface area contributed by atoms with Crippen molar-refractivity contribution < 1.29 is 29.3 Å². The Labute approximate surface area is 109 Å². The normalized spacial score (nSPS) is 12.6. The minimum Gasteiger partial charge on any atom is -0.481 e. The Kier molecular flexibility index (Phi) is 6.53. The van der Waals surface area contributed by atoms with E-state index < -0.39 is 29.7 Å². The second kappa shape index (κ2) is 7.10. The van der Waals surface area contributed by atoms with Crippen molar-refractivity contribution in [3.05, 3.63) is 0 Å². The number of carboxylic acids is 2. The highest BCUT2D eigenvalue weighted by molar-refractivity contribution is 8.00. The molecule has 0 aliphatic carbocycles. The van der Waals surface area contributed by atoms with Gasteiger partial charge in [0, 0.05) is 5.75 Å². The van der Waals surface area contributed by atoms with E-state index in [4.69, 9.17) is 14.9 Å². The number of ether oxygens (including phenoxy) is 1. The summed E-state index contributed by atoms with van der Waals surface area (Å²) in [6, 6.07) is -1.18. The first-order valence-corrected chi connectivity index (χ1v) is 6.29. The van der Waals surface area contributed by atoms with Crippen LogP contribution in [-0.2, 0) is 14.3 Å². The number of aliphatic carboxylic acids is 2. The lowest BCUT2D eigenvalue weighted by Crippen LogP contribution is -2.45. The quantitative estimate of drug-likeness (QED) is 0.658. The summed E-state index contributed by atoms with van der Waals surface area (Å²) in [5.41, 5.74) is -0.721. The van der Waals surface area contributed by atoms with Crippen LogP contribution in [0, 0.1) is 0 Å². The van der Waals surface area contributed by atoms with Gasteiger partial charge in [-0.1, -0.05) is 0 Å². The van der Waals surface area contributed by atoms with Crippen LogP contribution in [0.1, 0.15) is 20.8 Å². The summed E-state index contributed by atoms with van der Waals surface area (Å²) >= 11 is 0.907. The molecule has 0 aromatic rings. The molecule has 0 rings (SSSR count). The summed E-state index contributed by atoms with van der Waals surface area (Å²) in [5.74, 6) is -2.54. The van der Waals surface area contributed by atoms with Gasteiger partial charge in [0.05, 0.1) is 5.75 Å². The summed E-state index contributed by atoms with van der Waals surface area (Å²) in [5, 5.41) is 19.4. The van der Waals surface area contributed by atoms with Gasteiger partial charge in [-0.25, -0.2) is 9.59 Å². The molecule has 0 aromatic carbocycles. The predicted molar refractivity (Wildman–Crippen MR) is 65.8 cm³/mol. The highest BCUT2D eigenvalue weighted by Gasteiger charge is 2.24. The third-order valence-electron chi connectivity index (χ3n) is 1.50. The number of hydrogen-bond acceptors (Lipinski definition) is 5. The van der Waals surface area contributed by atoms with E-state index in [-0.39, 0.29) is 11.5 Å². The van der Waals surface area contributed by atoms with Crippen LogP contribution in [0.4, 0.5) is 4.79 Å². The molecule has 18 heavy (non-hydrogen) atoms. The number of thioether (sulfide) groups is 1. The predicted octanol–water partition coefficient (Wildman–Crippen LogP) is 0.782. The van der Waals surface area contributed by atoms with Crippen LogP contribution in [0.5, 0.6) is 0 Å². The van der Waals surface area contributed by atoms with Crippen LogP contribution in [0.15, 0.2) is 0 Å². The van der Waals surface area contributed by atoms with E-state index in [0.717, 1.165) is 11.8 Å². The molecule has 3 N–H and O–H groups in total. The standard InChI is InChI=1S/C10H17NO6S/c1-10(2,3)17-9(16)11-6(8(14)15)4-18-5-7(12)13/h6H,4-5H2,1-3H3,(H,11,16)(H,12,13)(H,14,15)/t6-/m1/s1. The van der Waals surface area contributed by atoms with Gasteiger partial charge in [0.15, 0.2) is 0 Å². The number of hydrogen-bond donors (Lipinski definition) is 3. The number of alkyl carbamates (subject to hydrolysis) is 1. The van der Waals surface area contributed by atoms with E-state index >= 15 is 0 Å². The Morgan fingerprint density at radius 3 is 2.22 bits per heavy atom. The van der Waals surface area contributed by atoms with E-state index in [1.807, 2.05) is 0 Å². The van der Waals surface area contributed by atoms with Gasteiger partial charge >= 0.3 is 18.0 Å². The molecule has 8 heteroatoms. The third-order valence-corrected chi connectivity index (χ3v) is 2.52. The Bertz CT molecular complexity index is 325. The Morgan fingerprint density at radius 2 is 1.83 bits per heavy atom. The average molecular weight is 279 g/mol. The van der Waals surface area contributed by atoms with Gasteiger partial charge in [-0.2, -0.15) is 0 Å². The molecule has 0 unspecified atom stereocenters. The molecule has 0 aromatic heterocycles. The lowest BCUT2D eigenvalue weighted by atomic mass is 10.2. The van der Waals surface area contributed by atoms with E-state index in [9.17, 15) is 14.4 Å². The van der Waals surface area contributed by atoms with Crippen molar-refractivity contribution in [3.8, 4) is 0 Å². The Morgan fingerprint density at radius 1 is 1.28 bits per heavy atom. The molecular weight excluding hydrogens is 262 g/mol. The molecule has 0 aliphatic rings. The summed E-state index contributed by atoms with van der Waals surface area (Å²) < 4.78 is 4.91. The van der Waals surface area contributed by atoms with Gasteiger partial charge in [0.2, 0.25) is 0 Å². The number of carbonyl (C=O) groups excluding carboxylic acids is 1.